The van der Waals surface area contributed by atoms with Crippen molar-refractivity contribution in [1.82, 2.24) is 5.43 Å². The summed E-state index contributed by atoms with van der Waals surface area (Å²) in [6.45, 7) is 3.94. The summed E-state index contributed by atoms with van der Waals surface area (Å²) >= 11 is 0. The Hall–Kier alpha value is -3.14. The molecule has 3 aromatic carbocycles. The number of rotatable bonds is 4. The van der Waals surface area contributed by atoms with Crippen LogP contribution in [0.4, 0.5) is 0 Å². The first kappa shape index (κ1) is 16.7. The fourth-order valence-electron chi connectivity index (χ4n) is 2.65. The van der Waals surface area contributed by atoms with Gasteiger partial charge in [-0.2, -0.15) is 5.10 Å². The predicted octanol–water partition coefficient (Wildman–Crippen LogP) is 4.26. The lowest BCUT2D eigenvalue weighted by atomic mass is 10.1. The summed E-state index contributed by atoms with van der Waals surface area (Å²) in [5, 5.41) is 16.0. The third-order valence-electron chi connectivity index (χ3n) is 4.21. The number of aromatic hydroxyl groups is 1. The summed E-state index contributed by atoms with van der Waals surface area (Å²) in [6.07, 6.45) is 0.981. The van der Waals surface area contributed by atoms with E-state index in [-0.39, 0.29) is 11.3 Å². The van der Waals surface area contributed by atoms with Gasteiger partial charge in [0.15, 0.2) is 0 Å². The molecule has 4 nitrogen and oxygen atoms in total. The van der Waals surface area contributed by atoms with E-state index < -0.39 is 5.91 Å². The van der Waals surface area contributed by atoms with Crippen molar-refractivity contribution in [1.29, 1.82) is 0 Å². The Morgan fingerprint density at radius 3 is 2.32 bits per heavy atom. The van der Waals surface area contributed by atoms with E-state index in [1.54, 1.807) is 12.1 Å². The number of amides is 1. The normalized spacial score (nSPS) is 11.5. The van der Waals surface area contributed by atoms with Crippen molar-refractivity contribution >= 4 is 22.4 Å². The standard InChI is InChI=1S/C21H20N2O2/c1-3-15-8-10-16(11-9-15)14(2)22-23-21(25)19-12-17-6-4-5-7-18(17)13-20(19)24/h4-13,24H,3H2,1-2H3,(H,23,25)/b22-14+. The zero-order valence-corrected chi connectivity index (χ0v) is 14.3. The minimum atomic E-state index is -0.437. The largest absolute Gasteiger partial charge is 0.507 e. The van der Waals surface area contributed by atoms with Crippen molar-refractivity contribution < 1.29 is 9.90 Å². The highest BCUT2D eigenvalue weighted by atomic mass is 16.3. The maximum absolute atomic E-state index is 12.4. The van der Waals surface area contributed by atoms with Crippen LogP contribution in [0, 0.1) is 0 Å². The van der Waals surface area contributed by atoms with E-state index in [4.69, 9.17) is 0 Å². The lowest BCUT2D eigenvalue weighted by Crippen LogP contribution is -2.19. The number of nitrogens with zero attached hydrogens (tertiary/aromatic N) is 1. The number of benzene rings is 3. The van der Waals surface area contributed by atoms with Gasteiger partial charge in [-0.3, -0.25) is 4.79 Å². The molecule has 0 radical (unpaired) electrons. The Balaban J connectivity index is 1.80. The van der Waals surface area contributed by atoms with Crippen LogP contribution in [0.5, 0.6) is 5.75 Å². The molecule has 3 rings (SSSR count). The van der Waals surface area contributed by atoms with E-state index in [2.05, 4.69) is 17.5 Å². The van der Waals surface area contributed by atoms with Crippen LogP contribution in [0.3, 0.4) is 0 Å². The Morgan fingerprint density at radius 1 is 1.04 bits per heavy atom. The van der Waals surface area contributed by atoms with Gasteiger partial charge in [-0.1, -0.05) is 55.5 Å². The zero-order chi connectivity index (χ0) is 17.8. The van der Waals surface area contributed by atoms with E-state index in [1.165, 1.54) is 5.56 Å². The lowest BCUT2D eigenvalue weighted by molar-refractivity contribution is 0.0952. The highest BCUT2D eigenvalue weighted by molar-refractivity contribution is 6.03. The molecule has 0 saturated carbocycles. The molecule has 0 aliphatic rings. The highest BCUT2D eigenvalue weighted by Gasteiger charge is 2.12. The molecule has 0 aliphatic heterocycles. The van der Waals surface area contributed by atoms with Crippen LogP contribution in [0.25, 0.3) is 10.8 Å². The van der Waals surface area contributed by atoms with Crippen LogP contribution in [0.2, 0.25) is 0 Å². The summed E-state index contributed by atoms with van der Waals surface area (Å²) in [7, 11) is 0. The number of phenols is 1. The van der Waals surface area contributed by atoms with Gasteiger partial charge in [0.1, 0.15) is 5.75 Å². The SMILES string of the molecule is CCc1ccc(/C(C)=N/NC(=O)c2cc3ccccc3cc2O)cc1. The number of hydrogen-bond donors (Lipinski definition) is 2. The number of nitrogens with one attached hydrogen (secondary N) is 1. The maximum atomic E-state index is 12.4. The number of hydrogen-bond acceptors (Lipinski definition) is 3. The molecule has 0 unspecified atom stereocenters. The molecule has 0 bridgehead atoms. The second-order valence-electron chi connectivity index (χ2n) is 5.91. The Morgan fingerprint density at radius 2 is 1.68 bits per heavy atom. The van der Waals surface area contributed by atoms with Crippen LogP contribution in [0.15, 0.2) is 65.8 Å². The summed E-state index contributed by atoms with van der Waals surface area (Å²) in [5.74, 6) is -0.496. The number of carbonyl (C=O) groups is 1. The monoisotopic (exact) mass is 332 g/mol. The molecule has 3 aromatic rings. The molecule has 126 valence electrons. The molecule has 0 aromatic heterocycles. The molecular formula is C21H20N2O2. The first-order valence-corrected chi connectivity index (χ1v) is 8.24. The topological polar surface area (TPSA) is 61.7 Å². The van der Waals surface area contributed by atoms with Crippen molar-refractivity contribution in [2.24, 2.45) is 5.10 Å². The summed E-state index contributed by atoms with van der Waals surface area (Å²) in [6, 6.07) is 18.9. The molecule has 0 spiro atoms. The molecule has 0 atom stereocenters. The Bertz CT molecular complexity index is 944. The average molecular weight is 332 g/mol. The van der Waals surface area contributed by atoms with Gasteiger partial charge in [0.05, 0.1) is 11.3 Å². The second-order valence-corrected chi connectivity index (χ2v) is 5.91. The summed E-state index contributed by atoms with van der Waals surface area (Å²) in [5.41, 5.74) is 5.63. The maximum Gasteiger partial charge on any atom is 0.275 e. The number of hydrazone groups is 1. The average Bonchev–Trinajstić information content (AvgIpc) is 2.65. The van der Waals surface area contributed by atoms with E-state index in [1.807, 2.05) is 55.5 Å². The van der Waals surface area contributed by atoms with Crippen molar-refractivity contribution in [2.75, 3.05) is 0 Å². The van der Waals surface area contributed by atoms with Crippen LogP contribution in [-0.4, -0.2) is 16.7 Å². The molecule has 2 N–H and O–H groups in total. The van der Waals surface area contributed by atoms with Crippen molar-refractivity contribution in [2.45, 2.75) is 20.3 Å². The molecule has 25 heavy (non-hydrogen) atoms. The van der Waals surface area contributed by atoms with E-state index in [9.17, 15) is 9.90 Å². The highest BCUT2D eigenvalue weighted by Crippen LogP contribution is 2.24. The van der Waals surface area contributed by atoms with Crippen molar-refractivity contribution in [3.63, 3.8) is 0 Å². The number of aryl methyl sites for hydroxylation is 1. The first-order valence-electron chi connectivity index (χ1n) is 8.24. The van der Waals surface area contributed by atoms with Crippen LogP contribution in [0.1, 0.15) is 35.3 Å². The fraction of sp³-hybridized carbons (Fsp3) is 0.143. The van der Waals surface area contributed by atoms with Gasteiger partial charge in [-0.15, -0.1) is 0 Å². The molecule has 4 heteroatoms. The van der Waals surface area contributed by atoms with Crippen LogP contribution < -0.4 is 5.43 Å². The van der Waals surface area contributed by atoms with E-state index in [0.717, 1.165) is 22.8 Å². The van der Waals surface area contributed by atoms with Crippen LogP contribution >= 0.6 is 0 Å². The number of carbonyl (C=O) groups excluding carboxylic acids is 1. The van der Waals surface area contributed by atoms with Gasteiger partial charge in [-0.05, 0) is 47.4 Å². The van der Waals surface area contributed by atoms with Crippen molar-refractivity contribution in [3.8, 4) is 5.75 Å². The van der Waals surface area contributed by atoms with Gasteiger partial charge in [0.25, 0.3) is 5.91 Å². The smallest absolute Gasteiger partial charge is 0.275 e. The van der Waals surface area contributed by atoms with E-state index >= 15 is 0 Å². The number of phenolic OH excluding ortho intramolecular Hbond substituents is 1. The Labute approximate surface area is 146 Å². The molecule has 1 amide bonds. The minimum Gasteiger partial charge on any atom is -0.507 e. The molecule has 0 fully saturated rings. The molecule has 0 saturated heterocycles. The zero-order valence-electron chi connectivity index (χ0n) is 14.3. The Kier molecular flexibility index (Phi) is 4.80. The van der Waals surface area contributed by atoms with Gasteiger partial charge in [0.2, 0.25) is 0 Å². The first-order chi connectivity index (χ1) is 12.1. The van der Waals surface area contributed by atoms with Gasteiger partial charge >= 0.3 is 0 Å². The number of fused-ring (bicyclic) bond motifs is 1. The summed E-state index contributed by atoms with van der Waals surface area (Å²) < 4.78 is 0. The van der Waals surface area contributed by atoms with Gasteiger partial charge < -0.3 is 5.11 Å². The quantitative estimate of drug-likeness (QED) is 0.554. The minimum absolute atomic E-state index is 0.0589. The van der Waals surface area contributed by atoms with Crippen LogP contribution in [-0.2, 0) is 6.42 Å². The molecule has 0 heterocycles. The van der Waals surface area contributed by atoms with Gasteiger partial charge in [-0.25, -0.2) is 5.43 Å². The summed E-state index contributed by atoms with van der Waals surface area (Å²) in [4.78, 5) is 12.4. The lowest BCUT2D eigenvalue weighted by Gasteiger charge is -2.07. The third-order valence-corrected chi connectivity index (χ3v) is 4.21. The second kappa shape index (κ2) is 7.18. The molecule has 0 aliphatic carbocycles. The predicted molar refractivity (Wildman–Crippen MR) is 101 cm³/mol. The van der Waals surface area contributed by atoms with E-state index in [0.29, 0.717) is 5.71 Å². The fourth-order valence-corrected chi connectivity index (χ4v) is 2.65. The molecular weight excluding hydrogens is 312 g/mol. The van der Waals surface area contributed by atoms with Crippen molar-refractivity contribution in [3.05, 3.63) is 77.4 Å². The van der Waals surface area contributed by atoms with Gasteiger partial charge in [0, 0.05) is 0 Å². The third kappa shape index (κ3) is 3.69.